The van der Waals surface area contributed by atoms with Gasteiger partial charge in [-0.2, -0.15) is 5.01 Å². The smallest absolute Gasteiger partial charge is 0.279 e. The molecule has 0 bridgehead atoms. The standard InChI is InChI=1S/C14H16BrN3O3/c1-4-21-12-14(15,10(2)17-20-3)13(19)18(16-12)11-8-6-5-7-9-11/h5-9H,4H2,1-3H3. The van der Waals surface area contributed by atoms with Gasteiger partial charge in [0.15, 0.2) is 0 Å². The van der Waals surface area contributed by atoms with Gasteiger partial charge in [-0.05, 0) is 26.0 Å². The number of hydrogen-bond donors (Lipinski definition) is 0. The zero-order valence-corrected chi connectivity index (χ0v) is 13.6. The second-order valence-electron chi connectivity index (χ2n) is 4.31. The predicted molar refractivity (Wildman–Crippen MR) is 84.8 cm³/mol. The van der Waals surface area contributed by atoms with Gasteiger partial charge in [0.1, 0.15) is 7.11 Å². The number of oxime groups is 1. The molecule has 1 aliphatic rings. The minimum atomic E-state index is -1.24. The van der Waals surface area contributed by atoms with Crippen LogP contribution in [0.25, 0.3) is 0 Å². The summed E-state index contributed by atoms with van der Waals surface area (Å²) in [6.07, 6.45) is 0. The van der Waals surface area contributed by atoms with Crippen LogP contribution in [0.2, 0.25) is 0 Å². The number of hydrogen-bond acceptors (Lipinski definition) is 5. The van der Waals surface area contributed by atoms with Crippen LogP contribution >= 0.6 is 15.9 Å². The van der Waals surface area contributed by atoms with Crippen molar-refractivity contribution in [2.24, 2.45) is 10.3 Å². The van der Waals surface area contributed by atoms with E-state index in [1.54, 1.807) is 19.1 Å². The van der Waals surface area contributed by atoms with Crippen LogP contribution in [0.3, 0.4) is 0 Å². The number of halogens is 1. The Hall–Kier alpha value is -1.89. The first-order valence-electron chi connectivity index (χ1n) is 6.44. The minimum Gasteiger partial charge on any atom is -0.478 e. The Balaban J connectivity index is 2.46. The Kier molecular flexibility index (Phi) is 4.62. The molecule has 21 heavy (non-hydrogen) atoms. The number of carbonyl (C=O) groups excluding carboxylic acids is 1. The van der Waals surface area contributed by atoms with Gasteiger partial charge in [-0.3, -0.25) is 4.79 Å². The molecule has 1 unspecified atom stereocenters. The van der Waals surface area contributed by atoms with E-state index in [-0.39, 0.29) is 11.8 Å². The Morgan fingerprint density at radius 1 is 1.43 bits per heavy atom. The molecule has 0 spiro atoms. The quantitative estimate of drug-likeness (QED) is 0.474. The number of nitrogens with zero attached hydrogens (tertiary/aromatic N) is 3. The van der Waals surface area contributed by atoms with E-state index < -0.39 is 4.32 Å². The Morgan fingerprint density at radius 3 is 2.67 bits per heavy atom. The van der Waals surface area contributed by atoms with Crippen molar-refractivity contribution in [1.29, 1.82) is 0 Å². The van der Waals surface area contributed by atoms with E-state index in [1.807, 2.05) is 25.1 Å². The SMILES string of the molecule is CCOC1=NN(c2ccccc2)C(=O)C1(Br)C(C)=NOC. The fourth-order valence-electron chi connectivity index (χ4n) is 1.96. The molecule has 1 heterocycles. The van der Waals surface area contributed by atoms with Crippen molar-refractivity contribution in [2.75, 3.05) is 18.7 Å². The van der Waals surface area contributed by atoms with E-state index in [0.717, 1.165) is 0 Å². The second-order valence-corrected chi connectivity index (χ2v) is 5.50. The van der Waals surface area contributed by atoms with Crippen molar-refractivity contribution in [3.05, 3.63) is 30.3 Å². The highest BCUT2D eigenvalue weighted by atomic mass is 79.9. The highest BCUT2D eigenvalue weighted by Crippen LogP contribution is 2.34. The van der Waals surface area contributed by atoms with E-state index in [1.165, 1.54) is 12.1 Å². The number of carbonyl (C=O) groups is 1. The summed E-state index contributed by atoms with van der Waals surface area (Å²) in [5.74, 6) is -0.0485. The van der Waals surface area contributed by atoms with E-state index >= 15 is 0 Å². The number of benzene rings is 1. The van der Waals surface area contributed by atoms with Gasteiger partial charge in [0.05, 0.1) is 18.0 Å². The summed E-state index contributed by atoms with van der Waals surface area (Å²) in [4.78, 5) is 17.6. The summed E-state index contributed by atoms with van der Waals surface area (Å²) >= 11 is 3.43. The highest BCUT2D eigenvalue weighted by Gasteiger charge is 2.54. The summed E-state index contributed by atoms with van der Waals surface area (Å²) in [5, 5.41) is 9.43. The molecular formula is C14H16BrN3O3. The zero-order chi connectivity index (χ0) is 15.5. The van der Waals surface area contributed by atoms with E-state index in [0.29, 0.717) is 18.0 Å². The van der Waals surface area contributed by atoms with Gasteiger partial charge < -0.3 is 9.57 Å². The first-order chi connectivity index (χ1) is 10.1. The number of alkyl halides is 1. The number of amides is 1. The van der Waals surface area contributed by atoms with Gasteiger partial charge in [-0.15, -0.1) is 5.10 Å². The maximum atomic E-state index is 12.8. The first-order valence-corrected chi connectivity index (χ1v) is 7.23. The van der Waals surface area contributed by atoms with Gasteiger partial charge in [0.25, 0.3) is 5.91 Å². The molecule has 6 nitrogen and oxygen atoms in total. The normalized spacial score (nSPS) is 22.3. The zero-order valence-electron chi connectivity index (χ0n) is 12.0. The Bertz CT molecular complexity index is 588. The molecule has 0 N–H and O–H groups in total. The molecule has 1 aromatic rings. The summed E-state index contributed by atoms with van der Waals surface area (Å²) in [7, 11) is 1.42. The summed E-state index contributed by atoms with van der Waals surface area (Å²) in [6, 6.07) is 9.14. The Labute approximate surface area is 131 Å². The lowest BCUT2D eigenvalue weighted by molar-refractivity contribution is -0.117. The molecule has 1 atom stereocenters. The van der Waals surface area contributed by atoms with Crippen LogP contribution in [-0.4, -0.2) is 35.6 Å². The van der Waals surface area contributed by atoms with Gasteiger partial charge in [-0.25, -0.2) is 0 Å². The van der Waals surface area contributed by atoms with E-state index in [4.69, 9.17) is 9.57 Å². The third kappa shape index (κ3) is 2.65. The fraction of sp³-hybridized carbons (Fsp3) is 0.357. The van der Waals surface area contributed by atoms with Crippen molar-refractivity contribution in [2.45, 2.75) is 18.2 Å². The average Bonchev–Trinajstić information content (AvgIpc) is 2.75. The van der Waals surface area contributed by atoms with Crippen molar-refractivity contribution < 1.29 is 14.4 Å². The Morgan fingerprint density at radius 2 is 2.10 bits per heavy atom. The molecular weight excluding hydrogens is 338 g/mol. The molecule has 0 saturated carbocycles. The molecule has 0 aromatic heterocycles. The predicted octanol–water partition coefficient (Wildman–Crippen LogP) is 2.54. The van der Waals surface area contributed by atoms with Crippen molar-refractivity contribution >= 4 is 39.1 Å². The molecule has 0 radical (unpaired) electrons. The van der Waals surface area contributed by atoms with E-state index in [2.05, 4.69) is 26.2 Å². The largest absolute Gasteiger partial charge is 0.478 e. The molecule has 1 aliphatic heterocycles. The second kappa shape index (κ2) is 6.26. The topological polar surface area (TPSA) is 63.5 Å². The summed E-state index contributed by atoms with van der Waals surface area (Å²) in [5.41, 5.74) is 1.08. The van der Waals surface area contributed by atoms with Crippen LogP contribution < -0.4 is 5.01 Å². The summed E-state index contributed by atoms with van der Waals surface area (Å²) in [6.45, 7) is 3.90. The molecule has 112 valence electrons. The number of para-hydroxylation sites is 1. The summed E-state index contributed by atoms with van der Waals surface area (Å²) < 4.78 is 4.27. The fourth-order valence-corrected chi connectivity index (χ4v) is 2.40. The molecule has 0 saturated heterocycles. The van der Waals surface area contributed by atoms with Crippen molar-refractivity contribution in [1.82, 2.24) is 0 Å². The maximum Gasteiger partial charge on any atom is 0.279 e. The van der Waals surface area contributed by atoms with Crippen LogP contribution in [0.15, 0.2) is 40.6 Å². The number of ether oxygens (including phenoxy) is 1. The van der Waals surface area contributed by atoms with Crippen molar-refractivity contribution in [3.8, 4) is 0 Å². The van der Waals surface area contributed by atoms with Gasteiger partial charge in [-0.1, -0.05) is 39.3 Å². The van der Waals surface area contributed by atoms with Crippen LogP contribution in [0, 0.1) is 0 Å². The third-order valence-electron chi connectivity index (χ3n) is 2.98. The third-order valence-corrected chi connectivity index (χ3v) is 4.23. The van der Waals surface area contributed by atoms with Gasteiger partial charge in [0, 0.05) is 0 Å². The number of hydrazone groups is 1. The van der Waals surface area contributed by atoms with Crippen LogP contribution in [0.5, 0.6) is 0 Å². The number of anilines is 1. The molecule has 7 heteroatoms. The lowest BCUT2D eigenvalue weighted by Gasteiger charge is -2.21. The van der Waals surface area contributed by atoms with Crippen LogP contribution in [0.1, 0.15) is 13.8 Å². The monoisotopic (exact) mass is 353 g/mol. The van der Waals surface area contributed by atoms with Gasteiger partial charge >= 0.3 is 0 Å². The number of rotatable bonds is 4. The van der Waals surface area contributed by atoms with Gasteiger partial charge in [0.2, 0.25) is 10.2 Å². The molecule has 0 aliphatic carbocycles. The lowest BCUT2D eigenvalue weighted by atomic mass is 10.0. The minimum absolute atomic E-state index is 0.247. The highest BCUT2D eigenvalue weighted by molar-refractivity contribution is 9.11. The maximum absolute atomic E-state index is 12.8. The first kappa shape index (κ1) is 15.5. The van der Waals surface area contributed by atoms with E-state index in [9.17, 15) is 4.79 Å². The molecule has 1 amide bonds. The average molecular weight is 354 g/mol. The molecule has 2 rings (SSSR count). The van der Waals surface area contributed by atoms with Crippen LogP contribution in [0.4, 0.5) is 5.69 Å². The van der Waals surface area contributed by atoms with Crippen molar-refractivity contribution in [3.63, 3.8) is 0 Å². The van der Waals surface area contributed by atoms with Crippen LogP contribution in [-0.2, 0) is 14.4 Å². The lowest BCUT2D eigenvalue weighted by Crippen LogP contribution is -2.47. The molecule has 1 aromatic carbocycles. The molecule has 0 fully saturated rings.